The minimum Gasteiger partial charge on any atom is -0.490 e. The van der Waals surface area contributed by atoms with Gasteiger partial charge in [0.05, 0.1) is 5.52 Å². The van der Waals surface area contributed by atoms with Crippen LogP contribution in [0.15, 0.2) is 30.3 Å². The molecule has 1 aliphatic heterocycles. The summed E-state index contributed by atoms with van der Waals surface area (Å²) in [4.78, 5) is 19.6. The van der Waals surface area contributed by atoms with Gasteiger partial charge in [-0.1, -0.05) is 25.3 Å². The molecule has 162 valence electrons. The van der Waals surface area contributed by atoms with Crippen LogP contribution >= 0.6 is 0 Å². The number of carbonyl (C=O) groups is 1. The zero-order chi connectivity index (χ0) is 20.9. The highest BCUT2D eigenvalue weighted by molar-refractivity contribution is 5.95. The van der Waals surface area contributed by atoms with Gasteiger partial charge in [-0.2, -0.15) is 0 Å². The van der Waals surface area contributed by atoms with E-state index in [1.807, 2.05) is 30.3 Å². The number of hydrogen-bond donors (Lipinski definition) is 1. The van der Waals surface area contributed by atoms with E-state index in [0.29, 0.717) is 17.7 Å². The number of likely N-dealkylation sites (tertiary alicyclic amines) is 1. The van der Waals surface area contributed by atoms with Gasteiger partial charge in [-0.15, -0.1) is 0 Å². The molecule has 0 bridgehead atoms. The van der Waals surface area contributed by atoms with Crippen LogP contribution in [0.5, 0.6) is 5.75 Å². The van der Waals surface area contributed by atoms with E-state index < -0.39 is 0 Å². The van der Waals surface area contributed by atoms with Crippen LogP contribution in [0, 0.1) is 5.92 Å². The third-order valence-corrected chi connectivity index (χ3v) is 6.68. The van der Waals surface area contributed by atoms with Crippen molar-refractivity contribution in [1.29, 1.82) is 0 Å². The van der Waals surface area contributed by atoms with Crippen molar-refractivity contribution in [2.45, 2.75) is 70.9 Å². The first kappa shape index (κ1) is 21.1. The van der Waals surface area contributed by atoms with Gasteiger partial charge in [0.1, 0.15) is 17.5 Å². The Kier molecular flexibility index (Phi) is 6.88. The summed E-state index contributed by atoms with van der Waals surface area (Å²) >= 11 is 0. The van der Waals surface area contributed by atoms with Crippen LogP contribution in [0.2, 0.25) is 0 Å². The quantitative estimate of drug-likeness (QED) is 0.745. The molecule has 1 aromatic heterocycles. The van der Waals surface area contributed by atoms with Crippen LogP contribution in [0.3, 0.4) is 0 Å². The number of ether oxygens (including phenoxy) is 1. The average molecular weight is 410 g/mol. The first-order valence-electron chi connectivity index (χ1n) is 11.7. The Morgan fingerprint density at radius 2 is 1.87 bits per heavy atom. The van der Waals surface area contributed by atoms with Gasteiger partial charge in [-0.25, -0.2) is 4.98 Å². The van der Waals surface area contributed by atoms with Crippen LogP contribution in [0.4, 0.5) is 0 Å². The zero-order valence-corrected chi connectivity index (χ0v) is 18.4. The first-order chi connectivity index (χ1) is 14.6. The maximum Gasteiger partial charge on any atom is 0.269 e. The number of rotatable bonds is 6. The zero-order valence-electron chi connectivity index (χ0n) is 18.4. The van der Waals surface area contributed by atoms with Crippen molar-refractivity contribution in [3.63, 3.8) is 0 Å². The summed E-state index contributed by atoms with van der Waals surface area (Å²) < 4.78 is 6.24. The predicted molar refractivity (Wildman–Crippen MR) is 121 cm³/mol. The van der Waals surface area contributed by atoms with E-state index in [1.54, 1.807) is 0 Å². The van der Waals surface area contributed by atoms with Gasteiger partial charge in [0.15, 0.2) is 0 Å². The molecule has 1 saturated heterocycles. The molecular weight excluding hydrogens is 374 g/mol. The number of nitrogens with one attached hydrogen (secondary N) is 1. The predicted octanol–water partition coefficient (Wildman–Crippen LogP) is 4.80. The molecule has 30 heavy (non-hydrogen) atoms. The summed E-state index contributed by atoms with van der Waals surface area (Å²) in [5.41, 5.74) is 1.33. The monoisotopic (exact) mass is 409 g/mol. The fourth-order valence-corrected chi connectivity index (χ4v) is 4.72. The Morgan fingerprint density at radius 1 is 1.10 bits per heavy atom. The number of amides is 1. The van der Waals surface area contributed by atoms with E-state index in [0.717, 1.165) is 49.1 Å². The fourth-order valence-electron chi connectivity index (χ4n) is 4.72. The van der Waals surface area contributed by atoms with Gasteiger partial charge in [-0.05, 0) is 69.7 Å². The van der Waals surface area contributed by atoms with E-state index in [2.05, 4.69) is 29.0 Å². The lowest BCUT2D eigenvalue weighted by atomic mass is 9.89. The van der Waals surface area contributed by atoms with Crippen molar-refractivity contribution in [2.75, 3.05) is 19.6 Å². The highest BCUT2D eigenvalue weighted by atomic mass is 16.5. The second kappa shape index (κ2) is 9.78. The number of aromatic nitrogens is 1. The Balaban J connectivity index is 1.34. The number of nitrogens with zero attached hydrogens (tertiary/aromatic N) is 2. The molecule has 0 atom stereocenters. The summed E-state index contributed by atoms with van der Waals surface area (Å²) in [6.45, 7) is 7.46. The molecule has 2 aliphatic rings. The fraction of sp³-hybridized carbons (Fsp3) is 0.600. The molecule has 0 radical (unpaired) electrons. The van der Waals surface area contributed by atoms with Gasteiger partial charge in [-0.3, -0.25) is 4.79 Å². The van der Waals surface area contributed by atoms with Gasteiger partial charge in [0.25, 0.3) is 5.91 Å². The molecular formula is C25H35N3O2. The van der Waals surface area contributed by atoms with E-state index in [4.69, 9.17) is 4.74 Å². The average Bonchev–Trinajstić information content (AvgIpc) is 2.78. The molecule has 5 nitrogen and oxygen atoms in total. The Hall–Kier alpha value is -2.14. The second-order valence-electron chi connectivity index (χ2n) is 9.21. The van der Waals surface area contributed by atoms with E-state index in [-0.39, 0.29) is 12.0 Å². The summed E-state index contributed by atoms with van der Waals surface area (Å²) in [7, 11) is 0. The van der Waals surface area contributed by atoms with Crippen molar-refractivity contribution in [2.24, 2.45) is 5.92 Å². The van der Waals surface area contributed by atoms with Crippen molar-refractivity contribution in [3.8, 4) is 5.75 Å². The van der Waals surface area contributed by atoms with Crippen LogP contribution in [-0.2, 0) is 0 Å². The number of piperidine rings is 1. The molecule has 4 rings (SSSR count). The summed E-state index contributed by atoms with van der Waals surface area (Å²) in [5, 5.41) is 4.09. The Bertz CT molecular complexity index is 853. The highest BCUT2D eigenvalue weighted by Crippen LogP contribution is 2.25. The molecule has 2 heterocycles. The SMILES string of the molecule is CC(C)N1CCC(Oc2ccc3nc(C(=O)NCC4CCCCC4)ccc3c2)CC1. The maximum absolute atomic E-state index is 12.5. The minimum atomic E-state index is -0.0697. The van der Waals surface area contributed by atoms with Gasteiger partial charge >= 0.3 is 0 Å². The summed E-state index contributed by atoms with van der Waals surface area (Å²) in [6.07, 6.45) is 8.76. The van der Waals surface area contributed by atoms with Gasteiger partial charge < -0.3 is 15.0 Å². The number of benzene rings is 1. The van der Waals surface area contributed by atoms with Crippen LogP contribution < -0.4 is 10.1 Å². The molecule has 1 N–H and O–H groups in total. The smallest absolute Gasteiger partial charge is 0.269 e. The van der Waals surface area contributed by atoms with Gasteiger partial charge in [0.2, 0.25) is 0 Å². The summed E-state index contributed by atoms with van der Waals surface area (Å²) in [6, 6.07) is 10.4. The first-order valence-corrected chi connectivity index (χ1v) is 11.7. The molecule has 1 aromatic carbocycles. The van der Waals surface area contributed by atoms with Gasteiger partial charge in [0, 0.05) is 31.1 Å². The molecule has 2 fully saturated rings. The van der Waals surface area contributed by atoms with E-state index in [1.165, 1.54) is 32.1 Å². The molecule has 0 unspecified atom stereocenters. The third kappa shape index (κ3) is 5.31. The van der Waals surface area contributed by atoms with Crippen molar-refractivity contribution in [1.82, 2.24) is 15.2 Å². The number of carbonyl (C=O) groups excluding carboxylic acids is 1. The minimum absolute atomic E-state index is 0.0697. The number of pyridine rings is 1. The van der Waals surface area contributed by atoms with Crippen LogP contribution in [-0.4, -0.2) is 47.6 Å². The van der Waals surface area contributed by atoms with Crippen LogP contribution in [0.25, 0.3) is 10.9 Å². The van der Waals surface area contributed by atoms with E-state index >= 15 is 0 Å². The lowest BCUT2D eigenvalue weighted by Gasteiger charge is -2.34. The van der Waals surface area contributed by atoms with Crippen molar-refractivity contribution in [3.05, 3.63) is 36.0 Å². The second-order valence-corrected chi connectivity index (χ2v) is 9.21. The standard InChI is InChI=1S/C25H35N3O2/c1-18(2)28-14-12-21(13-15-28)30-22-9-11-23-20(16-22)8-10-24(27-23)25(29)26-17-19-6-4-3-5-7-19/h8-11,16,18-19,21H,3-7,12-15,17H2,1-2H3,(H,26,29). The summed E-state index contributed by atoms with van der Waals surface area (Å²) in [5.74, 6) is 1.44. The van der Waals surface area contributed by atoms with E-state index in [9.17, 15) is 4.79 Å². The molecule has 1 saturated carbocycles. The highest BCUT2D eigenvalue weighted by Gasteiger charge is 2.22. The third-order valence-electron chi connectivity index (χ3n) is 6.68. The molecule has 0 spiro atoms. The lowest BCUT2D eigenvalue weighted by molar-refractivity contribution is 0.0844. The normalized spacial score (nSPS) is 19.3. The Labute approximate surface area is 180 Å². The molecule has 1 amide bonds. The maximum atomic E-state index is 12.5. The molecule has 1 aliphatic carbocycles. The largest absolute Gasteiger partial charge is 0.490 e. The topological polar surface area (TPSA) is 54.5 Å². The molecule has 5 heteroatoms. The lowest BCUT2D eigenvalue weighted by Crippen LogP contribution is -2.41. The number of fused-ring (bicyclic) bond motifs is 1. The number of hydrogen-bond acceptors (Lipinski definition) is 4. The van der Waals surface area contributed by atoms with Crippen molar-refractivity contribution >= 4 is 16.8 Å². The molecule has 2 aromatic rings. The Morgan fingerprint density at radius 3 is 2.60 bits per heavy atom. The van der Waals surface area contributed by atoms with Crippen molar-refractivity contribution < 1.29 is 9.53 Å². The van der Waals surface area contributed by atoms with Crippen LogP contribution in [0.1, 0.15) is 69.3 Å².